The summed E-state index contributed by atoms with van der Waals surface area (Å²) < 4.78 is 10.6. The SMILES string of the molecule is O=C(CSCc1ccc2c(c1)OCO2)NCCCc1ccccc1. The number of hydrogen-bond donors (Lipinski definition) is 1. The van der Waals surface area contributed by atoms with Gasteiger partial charge in [-0.25, -0.2) is 0 Å². The first-order valence-corrected chi connectivity index (χ1v) is 9.23. The van der Waals surface area contributed by atoms with Crippen LogP contribution in [0.15, 0.2) is 48.5 Å². The van der Waals surface area contributed by atoms with Crippen molar-refractivity contribution in [3.05, 3.63) is 59.7 Å². The summed E-state index contributed by atoms with van der Waals surface area (Å²) in [6.07, 6.45) is 1.95. The molecule has 4 nitrogen and oxygen atoms in total. The Morgan fingerprint density at radius 3 is 2.75 bits per heavy atom. The highest BCUT2D eigenvalue weighted by Crippen LogP contribution is 2.33. The van der Waals surface area contributed by atoms with Crippen LogP contribution in [-0.2, 0) is 17.0 Å². The highest BCUT2D eigenvalue weighted by molar-refractivity contribution is 7.99. The molecule has 24 heavy (non-hydrogen) atoms. The Balaban J connectivity index is 1.30. The van der Waals surface area contributed by atoms with Crippen LogP contribution in [0, 0.1) is 0 Å². The quantitative estimate of drug-likeness (QED) is 0.746. The first-order valence-electron chi connectivity index (χ1n) is 8.08. The molecular weight excluding hydrogens is 322 g/mol. The van der Waals surface area contributed by atoms with Gasteiger partial charge >= 0.3 is 0 Å². The molecule has 3 rings (SSSR count). The normalized spacial score (nSPS) is 12.2. The van der Waals surface area contributed by atoms with E-state index in [0.29, 0.717) is 5.75 Å². The highest BCUT2D eigenvalue weighted by Gasteiger charge is 2.13. The van der Waals surface area contributed by atoms with Crippen LogP contribution in [-0.4, -0.2) is 25.0 Å². The van der Waals surface area contributed by atoms with Crippen molar-refractivity contribution in [3.8, 4) is 11.5 Å². The summed E-state index contributed by atoms with van der Waals surface area (Å²) in [6.45, 7) is 1.01. The number of thioether (sulfide) groups is 1. The number of fused-ring (bicyclic) bond motifs is 1. The van der Waals surface area contributed by atoms with Gasteiger partial charge in [-0.3, -0.25) is 4.79 Å². The molecule has 0 radical (unpaired) electrons. The first kappa shape index (κ1) is 16.7. The molecule has 0 fully saturated rings. The van der Waals surface area contributed by atoms with E-state index in [-0.39, 0.29) is 12.7 Å². The molecule has 0 atom stereocenters. The van der Waals surface area contributed by atoms with Gasteiger partial charge in [0.25, 0.3) is 0 Å². The number of benzene rings is 2. The molecule has 0 aliphatic carbocycles. The number of carbonyl (C=O) groups is 1. The van der Waals surface area contributed by atoms with Crippen molar-refractivity contribution in [2.24, 2.45) is 0 Å². The third-order valence-electron chi connectivity index (χ3n) is 3.75. The van der Waals surface area contributed by atoms with Crippen LogP contribution in [0.1, 0.15) is 17.5 Å². The van der Waals surface area contributed by atoms with Gasteiger partial charge in [0.1, 0.15) is 0 Å². The molecule has 1 aliphatic heterocycles. The summed E-state index contributed by atoms with van der Waals surface area (Å²) >= 11 is 1.61. The van der Waals surface area contributed by atoms with Crippen molar-refractivity contribution in [1.29, 1.82) is 0 Å². The van der Waals surface area contributed by atoms with Gasteiger partial charge in [0.15, 0.2) is 11.5 Å². The number of hydrogen-bond acceptors (Lipinski definition) is 4. The van der Waals surface area contributed by atoms with Gasteiger partial charge in [0, 0.05) is 12.3 Å². The zero-order chi connectivity index (χ0) is 16.6. The van der Waals surface area contributed by atoms with E-state index in [1.54, 1.807) is 11.8 Å². The molecule has 1 N–H and O–H groups in total. The second kappa shape index (κ2) is 8.64. The molecule has 0 saturated carbocycles. The first-order chi connectivity index (χ1) is 11.8. The molecule has 0 aromatic heterocycles. The summed E-state index contributed by atoms with van der Waals surface area (Å²) in [5.41, 5.74) is 2.45. The number of carbonyl (C=O) groups excluding carboxylic acids is 1. The predicted molar refractivity (Wildman–Crippen MR) is 96.5 cm³/mol. The Labute approximate surface area is 146 Å². The topological polar surface area (TPSA) is 47.6 Å². The largest absolute Gasteiger partial charge is 0.454 e. The molecule has 0 bridgehead atoms. The lowest BCUT2D eigenvalue weighted by atomic mass is 10.1. The van der Waals surface area contributed by atoms with Gasteiger partial charge in [0.2, 0.25) is 12.7 Å². The third kappa shape index (κ3) is 4.93. The Bertz CT molecular complexity index is 676. The Hall–Kier alpha value is -2.14. The number of nitrogens with one attached hydrogen (secondary N) is 1. The van der Waals surface area contributed by atoms with E-state index < -0.39 is 0 Å². The molecule has 2 aromatic rings. The average Bonchev–Trinajstić information content (AvgIpc) is 3.07. The van der Waals surface area contributed by atoms with Crippen molar-refractivity contribution >= 4 is 17.7 Å². The van der Waals surface area contributed by atoms with Gasteiger partial charge in [-0.05, 0) is 36.1 Å². The van der Waals surface area contributed by atoms with Crippen LogP contribution in [0.4, 0.5) is 0 Å². The summed E-state index contributed by atoms with van der Waals surface area (Å²) in [6, 6.07) is 16.2. The number of aryl methyl sites for hydroxylation is 1. The molecule has 5 heteroatoms. The minimum absolute atomic E-state index is 0.0915. The summed E-state index contributed by atoms with van der Waals surface area (Å²) in [5, 5.41) is 2.98. The maximum absolute atomic E-state index is 11.9. The summed E-state index contributed by atoms with van der Waals surface area (Å²) in [5.74, 6) is 2.93. The minimum Gasteiger partial charge on any atom is -0.454 e. The molecular formula is C19H21NO3S. The summed E-state index contributed by atoms with van der Waals surface area (Å²) in [7, 11) is 0. The second-order valence-electron chi connectivity index (χ2n) is 5.62. The van der Waals surface area contributed by atoms with Crippen molar-refractivity contribution in [3.63, 3.8) is 0 Å². The van der Waals surface area contributed by atoms with E-state index in [2.05, 4.69) is 17.4 Å². The van der Waals surface area contributed by atoms with E-state index in [4.69, 9.17) is 9.47 Å². The zero-order valence-corrected chi connectivity index (χ0v) is 14.3. The highest BCUT2D eigenvalue weighted by atomic mass is 32.2. The zero-order valence-electron chi connectivity index (χ0n) is 13.5. The average molecular weight is 343 g/mol. The number of ether oxygens (including phenoxy) is 2. The Kier molecular flexibility index (Phi) is 6.01. The van der Waals surface area contributed by atoms with Crippen LogP contribution < -0.4 is 14.8 Å². The lowest BCUT2D eigenvalue weighted by Gasteiger charge is -2.06. The Morgan fingerprint density at radius 2 is 1.88 bits per heavy atom. The van der Waals surface area contributed by atoms with Crippen LogP contribution in [0.3, 0.4) is 0 Å². The van der Waals surface area contributed by atoms with Gasteiger partial charge < -0.3 is 14.8 Å². The Morgan fingerprint density at radius 1 is 1.04 bits per heavy atom. The fraction of sp³-hybridized carbons (Fsp3) is 0.316. The molecule has 1 heterocycles. The van der Waals surface area contributed by atoms with Crippen molar-refractivity contribution in [2.45, 2.75) is 18.6 Å². The van der Waals surface area contributed by atoms with Crippen molar-refractivity contribution in [1.82, 2.24) is 5.32 Å². The van der Waals surface area contributed by atoms with Crippen LogP contribution in [0.5, 0.6) is 11.5 Å². The minimum atomic E-state index is 0.0915. The maximum atomic E-state index is 11.9. The monoisotopic (exact) mass is 343 g/mol. The molecule has 2 aromatic carbocycles. The second-order valence-corrected chi connectivity index (χ2v) is 6.61. The molecule has 1 aliphatic rings. The van der Waals surface area contributed by atoms with E-state index in [1.165, 1.54) is 5.56 Å². The molecule has 1 amide bonds. The standard InChI is InChI=1S/C19H21NO3S/c21-19(20-10-4-7-15-5-2-1-3-6-15)13-24-12-16-8-9-17-18(11-16)23-14-22-17/h1-3,5-6,8-9,11H,4,7,10,12-14H2,(H,20,21). The van der Waals surface area contributed by atoms with E-state index in [9.17, 15) is 4.79 Å². The third-order valence-corrected chi connectivity index (χ3v) is 4.75. The molecule has 0 saturated heterocycles. The fourth-order valence-electron chi connectivity index (χ4n) is 2.51. The smallest absolute Gasteiger partial charge is 0.231 e. The summed E-state index contributed by atoms with van der Waals surface area (Å²) in [4.78, 5) is 11.9. The number of amides is 1. The molecule has 0 spiro atoms. The van der Waals surface area contributed by atoms with Gasteiger partial charge in [-0.15, -0.1) is 11.8 Å². The fourth-order valence-corrected chi connectivity index (χ4v) is 3.31. The molecule has 126 valence electrons. The lowest BCUT2D eigenvalue weighted by molar-refractivity contribution is -0.118. The maximum Gasteiger partial charge on any atom is 0.231 e. The van der Waals surface area contributed by atoms with E-state index in [1.807, 2.05) is 36.4 Å². The lowest BCUT2D eigenvalue weighted by Crippen LogP contribution is -2.26. The van der Waals surface area contributed by atoms with Crippen molar-refractivity contribution < 1.29 is 14.3 Å². The van der Waals surface area contributed by atoms with Gasteiger partial charge in [-0.2, -0.15) is 0 Å². The van der Waals surface area contributed by atoms with Gasteiger partial charge in [0.05, 0.1) is 5.75 Å². The van der Waals surface area contributed by atoms with E-state index in [0.717, 1.165) is 42.2 Å². The van der Waals surface area contributed by atoms with Crippen molar-refractivity contribution in [2.75, 3.05) is 19.1 Å². The van der Waals surface area contributed by atoms with Crippen LogP contribution in [0.25, 0.3) is 0 Å². The number of rotatable bonds is 8. The predicted octanol–water partition coefficient (Wildman–Crippen LogP) is 3.40. The van der Waals surface area contributed by atoms with Crippen LogP contribution in [0.2, 0.25) is 0 Å². The molecule has 0 unspecified atom stereocenters. The van der Waals surface area contributed by atoms with Crippen LogP contribution >= 0.6 is 11.8 Å². The van der Waals surface area contributed by atoms with Gasteiger partial charge in [-0.1, -0.05) is 36.4 Å². The van der Waals surface area contributed by atoms with E-state index >= 15 is 0 Å².